The number of nitrogens with one attached hydrogen (secondary N) is 1. The van der Waals surface area contributed by atoms with Crippen molar-refractivity contribution in [2.24, 2.45) is 5.92 Å². The van der Waals surface area contributed by atoms with Gasteiger partial charge in [-0.25, -0.2) is 8.42 Å². The second kappa shape index (κ2) is 9.92. The summed E-state index contributed by atoms with van der Waals surface area (Å²) in [6.45, 7) is 2.59. The van der Waals surface area contributed by atoms with Crippen molar-refractivity contribution in [3.05, 3.63) is 48.5 Å². The first-order chi connectivity index (χ1) is 15.5. The number of hydrogen-bond acceptors (Lipinski definition) is 5. The molecule has 2 aliphatic rings. The molecule has 2 aromatic rings. The molecule has 0 aliphatic carbocycles. The topological polar surface area (TPSA) is 79.0 Å². The van der Waals surface area contributed by atoms with Crippen LogP contribution in [0.4, 0.5) is 11.4 Å². The molecule has 172 valence electrons. The number of nitrogens with zero attached hydrogens (tertiary/aromatic N) is 2. The zero-order valence-corrected chi connectivity index (χ0v) is 19.3. The zero-order chi connectivity index (χ0) is 22.6. The van der Waals surface area contributed by atoms with Gasteiger partial charge in [0.1, 0.15) is 5.75 Å². The first-order valence-corrected chi connectivity index (χ1v) is 12.7. The number of amides is 1. The van der Waals surface area contributed by atoms with Gasteiger partial charge in [0.25, 0.3) is 0 Å². The van der Waals surface area contributed by atoms with E-state index in [9.17, 15) is 13.2 Å². The molecule has 2 fully saturated rings. The monoisotopic (exact) mass is 457 g/mol. The highest BCUT2D eigenvalue weighted by atomic mass is 32.2. The van der Waals surface area contributed by atoms with Crippen molar-refractivity contribution in [2.75, 3.05) is 43.5 Å². The van der Waals surface area contributed by atoms with Crippen molar-refractivity contribution in [2.45, 2.75) is 37.0 Å². The molecule has 2 saturated heterocycles. The number of hydrogen-bond donors (Lipinski definition) is 1. The highest BCUT2D eigenvalue weighted by Crippen LogP contribution is 2.30. The van der Waals surface area contributed by atoms with E-state index in [4.69, 9.17) is 4.74 Å². The number of piperidine rings is 2. The lowest BCUT2D eigenvalue weighted by atomic mass is 9.98. The molecular formula is C24H31N3O4S. The van der Waals surface area contributed by atoms with Gasteiger partial charge in [0.2, 0.25) is 15.9 Å². The molecular weight excluding hydrogens is 426 g/mol. The summed E-state index contributed by atoms with van der Waals surface area (Å²) in [5.74, 6) is 0.0995. The minimum Gasteiger partial charge on any atom is -0.497 e. The quantitative estimate of drug-likeness (QED) is 0.715. The highest BCUT2D eigenvalue weighted by Gasteiger charge is 2.33. The molecule has 0 saturated carbocycles. The molecule has 4 rings (SSSR count). The van der Waals surface area contributed by atoms with Gasteiger partial charge in [-0.15, -0.1) is 0 Å². The molecule has 2 heterocycles. The average molecular weight is 458 g/mol. The second-order valence-corrected chi connectivity index (χ2v) is 10.4. The van der Waals surface area contributed by atoms with Crippen LogP contribution in [0.25, 0.3) is 0 Å². The fourth-order valence-corrected chi connectivity index (χ4v) is 6.02. The Morgan fingerprint density at radius 1 is 0.969 bits per heavy atom. The van der Waals surface area contributed by atoms with Crippen molar-refractivity contribution in [3.63, 3.8) is 0 Å². The van der Waals surface area contributed by atoms with Gasteiger partial charge in [-0.2, -0.15) is 4.31 Å². The van der Waals surface area contributed by atoms with Crippen LogP contribution in [-0.4, -0.2) is 51.9 Å². The first-order valence-electron chi connectivity index (χ1n) is 11.3. The van der Waals surface area contributed by atoms with Crippen LogP contribution in [0.5, 0.6) is 5.75 Å². The third-order valence-corrected chi connectivity index (χ3v) is 8.19. The van der Waals surface area contributed by atoms with Crippen molar-refractivity contribution in [3.8, 4) is 5.75 Å². The summed E-state index contributed by atoms with van der Waals surface area (Å²) in [5.41, 5.74) is 1.84. The van der Waals surface area contributed by atoms with Crippen LogP contribution in [0.2, 0.25) is 0 Å². The Morgan fingerprint density at radius 3 is 2.41 bits per heavy atom. The van der Waals surface area contributed by atoms with Crippen molar-refractivity contribution in [1.29, 1.82) is 0 Å². The molecule has 32 heavy (non-hydrogen) atoms. The lowest BCUT2D eigenvalue weighted by Crippen LogP contribution is -2.43. The third kappa shape index (κ3) is 4.91. The average Bonchev–Trinajstić information content (AvgIpc) is 2.85. The van der Waals surface area contributed by atoms with E-state index in [1.165, 1.54) is 10.7 Å². The van der Waals surface area contributed by atoms with Crippen LogP contribution in [-0.2, 0) is 14.8 Å². The smallest absolute Gasteiger partial charge is 0.243 e. The molecule has 2 aromatic carbocycles. The first kappa shape index (κ1) is 22.6. The Kier molecular flexibility index (Phi) is 7.01. The van der Waals surface area contributed by atoms with Gasteiger partial charge >= 0.3 is 0 Å². The Labute approximate surface area is 190 Å². The van der Waals surface area contributed by atoms with Crippen LogP contribution in [0, 0.1) is 5.92 Å². The van der Waals surface area contributed by atoms with E-state index < -0.39 is 10.0 Å². The Hall–Kier alpha value is -2.58. The molecule has 7 nitrogen and oxygen atoms in total. The molecule has 1 atom stereocenters. The molecule has 0 aromatic heterocycles. The van der Waals surface area contributed by atoms with Gasteiger partial charge in [0.15, 0.2) is 0 Å². The van der Waals surface area contributed by atoms with E-state index in [1.807, 2.05) is 24.3 Å². The summed E-state index contributed by atoms with van der Waals surface area (Å²) in [4.78, 5) is 15.7. The van der Waals surface area contributed by atoms with Gasteiger partial charge in [-0.3, -0.25) is 4.79 Å². The van der Waals surface area contributed by atoms with E-state index in [-0.39, 0.29) is 23.3 Å². The van der Waals surface area contributed by atoms with E-state index in [0.717, 1.165) is 37.3 Å². The van der Waals surface area contributed by atoms with E-state index in [2.05, 4.69) is 10.2 Å². The molecule has 0 unspecified atom stereocenters. The number of sulfonamides is 1. The SMILES string of the molecule is COc1ccc(S(=O)(=O)N2CCC[C@H](C(=O)Nc3ccccc3N3CCCCC3)C2)cc1. The van der Waals surface area contributed by atoms with Gasteiger partial charge < -0.3 is 15.0 Å². The summed E-state index contributed by atoms with van der Waals surface area (Å²) in [7, 11) is -2.12. The van der Waals surface area contributed by atoms with Crippen molar-refractivity contribution >= 4 is 27.3 Å². The maximum atomic E-state index is 13.1. The third-order valence-electron chi connectivity index (χ3n) is 6.31. The fourth-order valence-electron chi connectivity index (χ4n) is 4.50. The summed E-state index contributed by atoms with van der Waals surface area (Å²) >= 11 is 0. The van der Waals surface area contributed by atoms with E-state index in [0.29, 0.717) is 25.1 Å². The zero-order valence-electron chi connectivity index (χ0n) is 18.5. The minimum absolute atomic E-state index is 0.121. The molecule has 2 aliphatic heterocycles. The van der Waals surface area contributed by atoms with Crippen LogP contribution in [0.3, 0.4) is 0 Å². The van der Waals surface area contributed by atoms with Crippen molar-refractivity contribution in [1.82, 2.24) is 4.31 Å². The fraction of sp³-hybridized carbons (Fsp3) is 0.458. The molecule has 0 spiro atoms. The lowest BCUT2D eigenvalue weighted by molar-refractivity contribution is -0.120. The van der Waals surface area contributed by atoms with Gasteiger partial charge in [0, 0.05) is 26.2 Å². The number of benzene rings is 2. The van der Waals surface area contributed by atoms with Gasteiger partial charge in [-0.1, -0.05) is 12.1 Å². The maximum absolute atomic E-state index is 13.1. The van der Waals surface area contributed by atoms with Crippen molar-refractivity contribution < 1.29 is 17.9 Å². The Bertz CT molecular complexity index is 1030. The number of methoxy groups -OCH3 is 1. The molecule has 0 radical (unpaired) electrons. The number of para-hydroxylation sites is 2. The lowest BCUT2D eigenvalue weighted by Gasteiger charge is -2.33. The predicted octanol–water partition coefficient (Wildman–Crippen LogP) is 3.72. The number of carbonyl (C=O) groups is 1. The highest BCUT2D eigenvalue weighted by molar-refractivity contribution is 7.89. The Balaban J connectivity index is 1.46. The summed E-state index contributed by atoms with van der Waals surface area (Å²) in [6.07, 6.45) is 4.88. The van der Waals surface area contributed by atoms with E-state index in [1.54, 1.807) is 31.4 Å². The predicted molar refractivity (Wildman–Crippen MR) is 126 cm³/mol. The molecule has 1 amide bonds. The minimum atomic E-state index is -3.66. The summed E-state index contributed by atoms with van der Waals surface area (Å²) in [5, 5.41) is 3.09. The second-order valence-electron chi connectivity index (χ2n) is 8.43. The number of rotatable bonds is 6. The van der Waals surface area contributed by atoms with Gasteiger partial charge in [0.05, 0.1) is 29.3 Å². The summed E-state index contributed by atoms with van der Waals surface area (Å²) in [6, 6.07) is 14.3. The number of anilines is 2. The van der Waals surface area contributed by atoms with Crippen LogP contribution < -0.4 is 15.0 Å². The van der Waals surface area contributed by atoms with Gasteiger partial charge in [-0.05, 0) is 68.5 Å². The largest absolute Gasteiger partial charge is 0.497 e. The Morgan fingerprint density at radius 2 is 1.69 bits per heavy atom. The standard InChI is InChI=1S/C24H31N3O4S/c1-31-20-11-13-21(14-12-20)32(29,30)27-17-7-8-19(18-27)24(28)25-22-9-3-4-10-23(22)26-15-5-2-6-16-26/h3-4,9-14,19H,2,5-8,15-18H2,1H3,(H,25,28)/t19-/m0/s1. The van der Waals surface area contributed by atoms with Crippen LogP contribution >= 0.6 is 0 Å². The number of carbonyl (C=O) groups excluding carboxylic acids is 1. The molecule has 0 bridgehead atoms. The maximum Gasteiger partial charge on any atom is 0.243 e. The normalized spacial score (nSPS) is 20.0. The van der Waals surface area contributed by atoms with E-state index >= 15 is 0 Å². The van der Waals surface area contributed by atoms with Crippen LogP contribution in [0.1, 0.15) is 32.1 Å². The molecule has 1 N–H and O–H groups in total. The molecule has 8 heteroatoms. The number of ether oxygens (including phenoxy) is 1. The van der Waals surface area contributed by atoms with Crippen LogP contribution in [0.15, 0.2) is 53.4 Å². The summed E-state index contributed by atoms with van der Waals surface area (Å²) < 4.78 is 32.8.